The topological polar surface area (TPSA) is 60.2 Å². The summed E-state index contributed by atoms with van der Waals surface area (Å²) in [6.07, 6.45) is 1.77. The van der Waals surface area contributed by atoms with Crippen LogP contribution in [0.25, 0.3) is 11.4 Å². The van der Waals surface area contributed by atoms with Crippen molar-refractivity contribution in [1.82, 2.24) is 15.5 Å². The third kappa shape index (κ3) is 3.32. The second-order valence-electron chi connectivity index (χ2n) is 4.34. The van der Waals surface area contributed by atoms with Crippen LogP contribution in [0.2, 0.25) is 0 Å². The molecule has 0 spiro atoms. The first-order chi connectivity index (χ1) is 9.26. The average molecular weight is 261 g/mol. The molecule has 1 aromatic carbocycles. The van der Waals surface area contributed by atoms with Crippen molar-refractivity contribution in [2.45, 2.75) is 25.8 Å². The van der Waals surface area contributed by atoms with Gasteiger partial charge in [0.25, 0.3) is 0 Å². The van der Waals surface area contributed by atoms with Crippen LogP contribution >= 0.6 is 0 Å². The Balaban J connectivity index is 2.11. The molecule has 1 atom stereocenters. The van der Waals surface area contributed by atoms with Gasteiger partial charge in [0, 0.05) is 18.0 Å². The van der Waals surface area contributed by atoms with E-state index in [9.17, 15) is 0 Å². The maximum Gasteiger partial charge on any atom is 0.228 e. The van der Waals surface area contributed by atoms with Crippen molar-refractivity contribution in [3.63, 3.8) is 0 Å². The Morgan fingerprint density at radius 2 is 2.05 bits per heavy atom. The molecule has 0 saturated carbocycles. The first-order valence-corrected chi connectivity index (χ1v) is 6.41. The highest BCUT2D eigenvalue weighted by Gasteiger charge is 2.12. The zero-order chi connectivity index (χ0) is 13.7. The monoisotopic (exact) mass is 261 g/mol. The molecule has 0 aliphatic carbocycles. The van der Waals surface area contributed by atoms with Crippen molar-refractivity contribution in [2.75, 3.05) is 14.2 Å². The van der Waals surface area contributed by atoms with Gasteiger partial charge in [0.2, 0.25) is 11.7 Å². The average Bonchev–Trinajstić information content (AvgIpc) is 2.93. The summed E-state index contributed by atoms with van der Waals surface area (Å²) < 4.78 is 10.4. The zero-order valence-corrected chi connectivity index (χ0v) is 11.5. The third-order valence-electron chi connectivity index (χ3n) is 3.14. The van der Waals surface area contributed by atoms with E-state index in [1.807, 2.05) is 31.3 Å². The van der Waals surface area contributed by atoms with Gasteiger partial charge in [-0.05, 0) is 37.7 Å². The molecule has 2 aromatic rings. The van der Waals surface area contributed by atoms with Crippen LogP contribution in [0.5, 0.6) is 5.75 Å². The molecule has 0 bridgehead atoms. The fraction of sp³-hybridized carbons (Fsp3) is 0.429. The maximum atomic E-state index is 5.28. The van der Waals surface area contributed by atoms with E-state index in [0.717, 1.165) is 24.2 Å². The highest BCUT2D eigenvalue weighted by atomic mass is 16.5. The van der Waals surface area contributed by atoms with Gasteiger partial charge in [0.1, 0.15) is 5.75 Å². The predicted octanol–water partition coefficient (Wildman–Crippen LogP) is 2.29. The number of benzene rings is 1. The Morgan fingerprint density at radius 3 is 2.63 bits per heavy atom. The van der Waals surface area contributed by atoms with Gasteiger partial charge in [-0.3, -0.25) is 0 Å². The standard InChI is InChI=1S/C14H19N3O2/c1-4-11(15-2)9-13-16-14(17-19-13)10-5-7-12(18-3)8-6-10/h5-8,11,15H,4,9H2,1-3H3. The van der Waals surface area contributed by atoms with Crippen molar-refractivity contribution in [3.05, 3.63) is 30.2 Å². The van der Waals surface area contributed by atoms with Gasteiger partial charge >= 0.3 is 0 Å². The first-order valence-electron chi connectivity index (χ1n) is 6.41. The maximum absolute atomic E-state index is 5.28. The number of likely N-dealkylation sites (N-methyl/N-ethyl adjacent to an activating group) is 1. The second-order valence-corrected chi connectivity index (χ2v) is 4.34. The molecule has 0 aliphatic rings. The van der Waals surface area contributed by atoms with Crippen LogP contribution in [0.3, 0.4) is 0 Å². The molecule has 0 saturated heterocycles. The first kappa shape index (κ1) is 13.5. The minimum atomic E-state index is 0.365. The van der Waals surface area contributed by atoms with E-state index in [1.54, 1.807) is 7.11 Å². The summed E-state index contributed by atoms with van der Waals surface area (Å²) in [7, 11) is 3.58. The molecule has 0 amide bonds. The molecule has 5 heteroatoms. The summed E-state index contributed by atoms with van der Waals surface area (Å²) >= 11 is 0. The van der Waals surface area contributed by atoms with Gasteiger partial charge in [0.15, 0.2) is 0 Å². The molecule has 5 nitrogen and oxygen atoms in total. The number of hydrogen-bond acceptors (Lipinski definition) is 5. The molecule has 0 aliphatic heterocycles. The van der Waals surface area contributed by atoms with Crippen LogP contribution in [0.15, 0.2) is 28.8 Å². The van der Waals surface area contributed by atoms with Crippen molar-refractivity contribution >= 4 is 0 Å². The van der Waals surface area contributed by atoms with Gasteiger partial charge in [-0.15, -0.1) is 0 Å². The molecule has 0 fully saturated rings. The molecule has 102 valence electrons. The zero-order valence-electron chi connectivity index (χ0n) is 11.5. The fourth-order valence-corrected chi connectivity index (χ4v) is 1.86. The number of methoxy groups -OCH3 is 1. The van der Waals surface area contributed by atoms with Crippen LogP contribution in [-0.4, -0.2) is 30.3 Å². The molecular weight excluding hydrogens is 242 g/mol. The summed E-state index contributed by atoms with van der Waals surface area (Å²) in [4.78, 5) is 4.41. The van der Waals surface area contributed by atoms with E-state index < -0.39 is 0 Å². The molecule has 1 N–H and O–H groups in total. The largest absolute Gasteiger partial charge is 0.497 e. The van der Waals surface area contributed by atoms with Gasteiger partial charge in [-0.25, -0.2) is 0 Å². The van der Waals surface area contributed by atoms with E-state index in [4.69, 9.17) is 9.26 Å². The summed E-state index contributed by atoms with van der Waals surface area (Å²) in [5.41, 5.74) is 0.924. The predicted molar refractivity (Wildman–Crippen MR) is 73.1 cm³/mol. The van der Waals surface area contributed by atoms with Gasteiger partial charge in [-0.2, -0.15) is 4.98 Å². The smallest absolute Gasteiger partial charge is 0.228 e. The lowest BCUT2D eigenvalue weighted by Crippen LogP contribution is -2.26. The van der Waals surface area contributed by atoms with Crippen molar-refractivity contribution in [1.29, 1.82) is 0 Å². The molecule has 1 aromatic heterocycles. The molecule has 1 unspecified atom stereocenters. The number of hydrogen-bond donors (Lipinski definition) is 1. The summed E-state index contributed by atoms with van der Waals surface area (Å²) in [5, 5.41) is 7.23. The van der Waals surface area contributed by atoms with Crippen LogP contribution in [0.1, 0.15) is 19.2 Å². The Kier molecular flexibility index (Phi) is 4.52. The highest BCUT2D eigenvalue weighted by Crippen LogP contribution is 2.20. The summed E-state index contributed by atoms with van der Waals surface area (Å²) in [5.74, 6) is 2.09. The van der Waals surface area contributed by atoms with Crippen LogP contribution in [0.4, 0.5) is 0 Å². The normalized spacial score (nSPS) is 12.4. The van der Waals surface area contributed by atoms with Crippen molar-refractivity contribution < 1.29 is 9.26 Å². The number of aromatic nitrogens is 2. The molecule has 0 radical (unpaired) electrons. The van der Waals surface area contributed by atoms with Crippen molar-refractivity contribution in [2.24, 2.45) is 0 Å². The number of rotatable bonds is 6. The fourth-order valence-electron chi connectivity index (χ4n) is 1.86. The van der Waals surface area contributed by atoms with E-state index in [2.05, 4.69) is 22.4 Å². The van der Waals surface area contributed by atoms with Gasteiger partial charge in [0.05, 0.1) is 7.11 Å². The Hall–Kier alpha value is -1.88. The Morgan fingerprint density at radius 1 is 1.32 bits per heavy atom. The summed E-state index contributed by atoms with van der Waals surface area (Å²) in [6.45, 7) is 2.13. The SMILES string of the molecule is CCC(Cc1nc(-c2ccc(OC)cc2)no1)NC. The molecule has 1 heterocycles. The highest BCUT2D eigenvalue weighted by molar-refractivity contribution is 5.55. The van der Waals surface area contributed by atoms with E-state index in [-0.39, 0.29) is 0 Å². The minimum absolute atomic E-state index is 0.365. The number of nitrogens with one attached hydrogen (secondary N) is 1. The van der Waals surface area contributed by atoms with Crippen LogP contribution in [-0.2, 0) is 6.42 Å². The second kappa shape index (κ2) is 6.33. The minimum Gasteiger partial charge on any atom is -0.497 e. The van der Waals surface area contributed by atoms with Crippen LogP contribution in [0, 0.1) is 0 Å². The quantitative estimate of drug-likeness (QED) is 0.864. The van der Waals surface area contributed by atoms with Crippen LogP contribution < -0.4 is 10.1 Å². The number of nitrogens with zero attached hydrogens (tertiary/aromatic N) is 2. The van der Waals surface area contributed by atoms with E-state index >= 15 is 0 Å². The van der Waals surface area contributed by atoms with Gasteiger partial charge < -0.3 is 14.6 Å². The molecule has 19 heavy (non-hydrogen) atoms. The van der Waals surface area contributed by atoms with Crippen molar-refractivity contribution in [3.8, 4) is 17.1 Å². The van der Waals surface area contributed by atoms with E-state index in [0.29, 0.717) is 17.8 Å². The lowest BCUT2D eigenvalue weighted by Gasteiger charge is -2.09. The Labute approximate surface area is 113 Å². The van der Waals surface area contributed by atoms with Gasteiger partial charge in [-0.1, -0.05) is 12.1 Å². The number of ether oxygens (including phenoxy) is 1. The third-order valence-corrected chi connectivity index (χ3v) is 3.14. The lowest BCUT2D eigenvalue weighted by atomic mass is 10.1. The molecule has 2 rings (SSSR count). The van der Waals surface area contributed by atoms with E-state index in [1.165, 1.54) is 0 Å². The summed E-state index contributed by atoms with van der Waals surface area (Å²) in [6, 6.07) is 7.97. The molecular formula is C14H19N3O2. The lowest BCUT2D eigenvalue weighted by molar-refractivity contribution is 0.359. The Bertz CT molecular complexity index is 504.